The Morgan fingerprint density at radius 3 is 2.50 bits per heavy atom. The number of halogens is 1. The number of nitrogens with zero attached hydrogens (tertiary/aromatic N) is 2. The summed E-state index contributed by atoms with van der Waals surface area (Å²) in [6, 6.07) is 12.9. The van der Waals surface area contributed by atoms with Gasteiger partial charge in [0, 0.05) is 24.7 Å². The number of aromatic amines is 1. The van der Waals surface area contributed by atoms with Crippen LogP contribution in [0.2, 0.25) is 5.02 Å². The summed E-state index contributed by atoms with van der Waals surface area (Å²) in [5.74, 6) is -1.24. The lowest BCUT2D eigenvalue weighted by atomic mass is 9.76. The van der Waals surface area contributed by atoms with Gasteiger partial charge in [0.05, 0.1) is 11.0 Å². The number of H-pyrrole nitrogens is 1. The van der Waals surface area contributed by atoms with Crippen LogP contribution in [-0.2, 0) is 27.3 Å². The molecule has 1 aliphatic rings. The van der Waals surface area contributed by atoms with Crippen molar-refractivity contribution < 1.29 is 24.3 Å². The summed E-state index contributed by atoms with van der Waals surface area (Å²) in [5, 5.41) is 16.9. The number of imidazole rings is 1. The van der Waals surface area contributed by atoms with Gasteiger partial charge in [0.1, 0.15) is 12.0 Å². The second-order valence-corrected chi connectivity index (χ2v) is 9.55. The minimum absolute atomic E-state index is 0.0478. The fourth-order valence-electron chi connectivity index (χ4n) is 4.50. The number of rotatable bonds is 8. The SMILES string of the molecule is CCc1ccc2[nH]c(NC(=O)C3(C(=O)NCc4ccccc4Cl)CCN(C(=O)CNC(=O)O)CC3)nc2c1. The van der Waals surface area contributed by atoms with E-state index >= 15 is 0 Å². The predicted molar refractivity (Wildman–Crippen MR) is 142 cm³/mol. The smallest absolute Gasteiger partial charge is 0.405 e. The third-order valence-electron chi connectivity index (χ3n) is 6.81. The van der Waals surface area contributed by atoms with Crippen molar-refractivity contribution in [3.05, 3.63) is 58.6 Å². The quantitative estimate of drug-likeness (QED) is 0.276. The van der Waals surface area contributed by atoms with Gasteiger partial charge in [0.25, 0.3) is 0 Å². The van der Waals surface area contributed by atoms with E-state index in [-0.39, 0.29) is 45.0 Å². The monoisotopic (exact) mass is 540 g/mol. The molecule has 1 aromatic heterocycles. The molecule has 0 atom stereocenters. The normalized spacial score (nSPS) is 14.6. The van der Waals surface area contributed by atoms with Crippen molar-refractivity contribution in [2.75, 3.05) is 25.0 Å². The van der Waals surface area contributed by atoms with Crippen molar-refractivity contribution in [1.29, 1.82) is 0 Å². The highest BCUT2D eigenvalue weighted by molar-refractivity contribution is 6.31. The summed E-state index contributed by atoms with van der Waals surface area (Å²) >= 11 is 6.23. The zero-order chi connectivity index (χ0) is 27.3. The van der Waals surface area contributed by atoms with Crippen LogP contribution in [0.5, 0.6) is 0 Å². The number of amides is 4. The van der Waals surface area contributed by atoms with E-state index in [1.165, 1.54) is 4.90 Å². The Hall–Kier alpha value is -4.12. The summed E-state index contributed by atoms with van der Waals surface area (Å²) in [4.78, 5) is 59.3. The first-order chi connectivity index (χ1) is 18.2. The molecule has 5 N–H and O–H groups in total. The number of anilines is 1. The molecular formula is C26H29ClN6O5. The van der Waals surface area contributed by atoms with Crippen LogP contribution < -0.4 is 16.0 Å². The maximum atomic E-state index is 13.6. The number of aryl methyl sites for hydroxylation is 1. The lowest BCUT2D eigenvalue weighted by Crippen LogP contribution is -2.56. The first kappa shape index (κ1) is 26.9. The fraction of sp³-hybridized carbons (Fsp3) is 0.346. The molecule has 2 heterocycles. The Kier molecular flexibility index (Phi) is 8.16. The van der Waals surface area contributed by atoms with E-state index in [1.54, 1.807) is 24.3 Å². The molecule has 1 fully saturated rings. The average Bonchev–Trinajstić information content (AvgIpc) is 3.32. The van der Waals surface area contributed by atoms with Gasteiger partial charge >= 0.3 is 6.09 Å². The lowest BCUT2D eigenvalue weighted by Gasteiger charge is -2.39. The number of nitrogens with one attached hydrogen (secondary N) is 4. The molecule has 4 rings (SSSR count). The molecule has 12 heteroatoms. The number of likely N-dealkylation sites (tertiary alicyclic amines) is 1. The van der Waals surface area contributed by atoms with Crippen molar-refractivity contribution in [2.24, 2.45) is 5.41 Å². The molecule has 0 bridgehead atoms. The molecule has 0 radical (unpaired) electrons. The minimum Gasteiger partial charge on any atom is -0.465 e. The van der Waals surface area contributed by atoms with Crippen LogP contribution in [0.3, 0.4) is 0 Å². The third kappa shape index (κ3) is 5.88. The van der Waals surface area contributed by atoms with E-state index < -0.39 is 29.2 Å². The van der Waals surface area contributed by atoms with Crippen molar-refractivity contribution >= 4 is 52.4 Å². The van der Waals surface area contributed by atoms with Crippen molar-refractivity contribution in [3.8, 4) is 0 Å². The van der Waals surface area contributed by atoms with Crippen molar-refractivity contribution in [2.45, 2.75) is 32.7 Å². The third-order valence-corrected chi connectivity index (χ3v) is 7.18. The number of piperidine rings is 1. The topological polar surface area (TPSA) is 157 Å². The summed E-state index contributed by atoms with van der Waals surface area (Å²) in [5.41, 5.74) is 1.77. The van der Waals surface area contributed by atoms with E-state index in [1.807, 2.05) is 30.4 Å². The largest absolute Gasteiger partial charge is 0.465 e. The molecule has 11 nitrogen and oxygen atoms in total. The number of benzene rings is 2. The summed E-state index contributed by atoms with van der Waals surface area (Å²) in [7, 11) is 0. The van der Waals surface area contributed by atoms with Crippen molar-refractivity contribution in [1.82, 2.24) is 25.5 Å². The number of aromatic nitrogens is 2. The van der Waals surface area contributed by atoms with E-state index in [4.69, 9.17) is 16.7 Å². The summed E-state index contributed by atoms with van der Waals surface area (Å²) in [6.45, 7) is 1.99. The maximum Gasteiger partial charge on any atom is 0.405 e. The van der Waals surface area contributed by atoms with Gasteiger partial charge in [-0.1, -0.05) is 42.8 Å². The van der Waals surface area contributed by atoms with Gasteiger partial charge in [-0.05, 0) is 48.6 Å². The number of carboxylic acid groups (broad SMARTS) is 1. The molecule has 1 saturated heterocycles. The molecule has 3 aromatic rings. The number of hydrogen-bond acceptors (Lipinski definition) is 5. The first-order valence-corrected chi connectivity index (χ1v) is 12.7. The highest BCUT2D eigenvalue weighted by atomic mass is 35.5. The van der Waals surface area contributed by atoms with E-state index in [9.17, 15) is 19.2 Å². The zero-order valence-corrected chi connectivity index (χ0v) is 21.6. The fourth-order valence-corrected chi connectivity index (χ4v) is 4.70. The number of carbonyl (C=O) groups is 4. The van der Waals surface area contributed by atoms with E-state index in [2.05, 4.69) is 20.6 Å². The van der Waals surface area contributed by atoms with Gasteiger partial charge in [0.2, 0.25) is 23.7 Å². The lowest BCUT2D eigenvalue weighted by molar-refractivity contribution is -0.147. The molecule has 1 aliphatic heterocycles. The second-order valence-electron chi connectivity index (χ2n) is 9.14. The standard InChI is InChI=1S/C26H29ClN6O5/c1-2-16-7-8-19-20(13-16)31-24(30-19)32-23(36)26(22(35)28-14-17-5-3-4-6-18(17)27)9-11-33(12-10-26)21(34)15-29-25(37)38/h3-8,13,29H,2,9-12,14-15H2,1H3,(H,28,35)(H,37,38)(H2,30,31,32,36). The van der Waals surface area contributed by atoms with E-state index in [0.29, 0.717) is 16.1 Å². The van der Waals surface area contributed by atoms with Crippen LogP contribution in [-0.4, -0.2) is 63.4 Å². The number of carbonyl (C=O) groups excluding carboxylic acids is 3. The van der Waals surface area contributed by atoms with Crippen LogP contribution in [0, 0.1) is 5.41 Å². The Labute approximate surface area is 223 Å². The van der Waals surface area contributed by atoms with Crippen LogP contribution >= 0.6 is 11.6 Å². The Morgan fingerprint density at radius 2 is 1.82 bits per heavy atom. The molecule has 0 saturated carbocycles. The van der Waals surface area contributed by atoms with Gasteiger partial charge in [-0.2, -0.15) is 0 Å². The molecule has 200 valence electrons. The van der Waals surface area contributed by atoms with Crippen LogP contribution in [0.25, 0.3) is 11.0 Å². The van der Waals surface area contributed by atoms with Gasteiger partial charge in [-0.25, -0.2) is 9.78 Å². The molecule has 38 heavy (non-hydrogen) atoms. The second kappa shape index (κ2) is 11.5. The first-order valence-electron chi connectivity index (χ1n) is 12.3. The summed E-state index contributed by atoms with van der Waals surface area (Å²) < 4.78 is 0. The maximum absolute atomic E-state index is 13.6. The highest BCUT2D eigenvalue weighted by Gasteiger charge is 2.48. The minimum atomic E-state index is -1.48. The Morgan fingerprint density at radius 1 is 1.08 bits per heavy atom. The Bertz CT molecular complexity index is 1370. The molecule has 0 unspecified atom stereocenters. The van der Waals surface area contributed by atoms with Gasteiger partial charge in [0.15, 0.2) is 0 Å². The molecule has 0 spiro atoms. The van der Waals surface area contributed by atoms with Crippen LogP contribution in [0.15, 0.2) is 42.5 Å². The Balaban J connectivity index is 1.53. The van der Waals surface area contributed by atoms with Gasteiger partial charge < -0.3 is 25.6 Å². The molecule has 4 amide bonds. The molecule has 2 aromatic carbocycles. The predicted octanol–water partition coefficient (Wildman–Crippen LogP) is 2.91. The number of fused-ring (bicyclic) bond motifs is 1. The zero-order valence-electron chi connectivity index (χ0n) is 20.8. The average molecular weight is 541 g/mol. The number of hydrogen-bond donors (Lipinski definition) is 5. The van der Waals surface area contributed by atoms with Crippen molar-refractivity contribution in [3.63, 3.8) is 0 Å². The van der Waals surface area contributed by atoms with Crippen LogP contribution in [0.1, 0.15) is 30.9 Å². The van der Waals surface area contributed by atoms with Gasteiger partial charge in [-0.3, -0.25) is 19.7 Å². The van der Waals surface area contributed by atoms with Crippen LogP contribution in [0.4, 0.5) is 10.7 Å². The molecule has 0 aliphatic carbocycles. The highest BCUT2D eigenvalue weighted by Crippen LogP contribution is 2.34. The van der Waals surface area contributed by atoms with Gasteiger partial charge in [-0.15, -0.1) is 0 Å². The van der Waals surface area contributed by atoms with E-state index in [0.717, 1.165) is 17.5 Å². The molecular weight excluding hydrogens is 512 g/mol. The summed E-state index contributed by atoms with van der Waals surface area (Å²) in [6.07, 6.45) is -0.366.